The monoisotopic (exact) mass is 370 g/mol. The summed E-state index contributed by atoms with van der Waals surface area (Å²) in [5.74, 6) is -0.829. The van der Waals surface area contributed by atoms with Crippen LogP contribution in [0.5, 0.6) is 0 Å². The van der Waals surface area contributed by atoms with E-state index in [4.69, 9.17) is 5.26 Å². The summed E-state index contributed by atoms with van der Waals surface area (Å²) in [5.41, 5.74) is 2.14. The van der Waals surface area contributed by atoms with Gasteiger partial charge in [0.25, 0.3) is 11.8 Å². The van der Waals surface area contributed by atoms with Gasteiger partial charge in [0.05, 0.1) is 11.3 Å². The number of carbonyl (C=O) groups is 2. The highest BCUT2D eigenvalue weighted by Gasteiger charge is 2.13. The number of hydrogen-bond donors (Lipinski definition) is 2. The molecule has 2 N–H and O–H groups in total. The van der Waals surface area contributed by atoms with Gasteiger partial charge in [-0.05, 0) is 36.2 Å². The molecular formula is C22H18N4O2. The molecule has 0 bridgehead atoms. The molecule has 0 saturated carbocycles. The van der Waals surface area contributed by atoms with Crippen molar-refractivity contribution in [2.75, 3.05) is 11.9 Å². The molecular weight excluding hydrogens is 352 g/mol. The number of nitriles is 1. The fourth-order valence-electron chi connectivity index (χ4n) is 2.62. The molecule has 6 heteroatoms. The van der Waals surface area contributed by atoms with Crippen molar-refractivity contribution in [2.45, 2.75) is 6.42 Å². The molecule has 1 heterocycles. The second-order valence-corrected chi connectivity index (χ2v) is 6.01. The highest BCUT2D eigenvalue weighted by atomic mass is 16.2. The number of amides is 2. The summed E-state index contributed by atoms with van der Waals surface area (Å²) in [5, 5.41) is 14.6. The van der Waals surface area contributed by atoms with Crippen molar-refractivity contribution in [3.8, 4) is 6.07 Å². The SMILES string of the molecule is N#Cc1ccccc1NC(=O)c1cccc(C(=O)NCCc2ccccc2)n1. The average molecular weight is 370 g/mol. The first-order chi connectivity index (χ1) is 13.7. The third-order valence-electron chi connectivity index (χ3n) is 4.05. The maximum Gasteiger partial charge on any atom is 0.274 e. The number of hydrogen-bond acceptors (Lipinski definition) is 4. The number of rotatable bonds is 6. The molecule has 28 heavy (non-hydrogen) atoms. The number of anilines is 1. The fourth-order valence-corrected chi connectivity index (χ4v) is 2.62. The first kappa shape index (κ1) is 18.8. The predicted octanol–water partition coefficient (Wildman–Crippen LogP) is 3.18. The largest absolute Gasteiger partial charge is 0.350 e. The van der Waals surface area contributed by atoms with Gasteiger partial charge >= 0.3 is 0 Å². The average Bonchev–Trinajstić information content (AvgIpc) is 2.75. The molecule has 0 radical (unpaired) electrons. The summed E-state index contributed by atoms with van der Waals surface area (Å²) < 4.78 is 0. The summed E-state index contributed by atoms with van der Waals surface area (Å²) in [7, 11) is 0. The minimum Gasteiger partial charge on any atom is -0.350 e. The zero-order valence-corrected chi connectivity index (χ0v) is 15.1. The molecule has 0 atom stereocenters. The van der Waals surface area contributed by atoms with Gasteiger partial charge in [0.2, 0.25) is 0 Å². The maximum atomic E-state index is 12.4. The normalized spacial score (nSPS) is 9.96. The third kappa shape index (κ3) is 4.80. The van der Waals surface area contributed by atoms with Crippen LogP contribution < -0.4 is 10.6 Å². The fraction of sp³-hybridized carbons (Fsp3) is 0.0909. The van der Waals surface area contributed by atoms with Crippen molar-refractivity contribution in [1.29, 1.82) is 5.26 Å². The van der Waals surface area contributed by atoms with E-state index in [1.165, 1.54) is 6.07 Å². The first-order valence-corrected chi connectivity index (χ1v) is 8.77. The lowest BCUT2D eigenvalue weighted by Gasteiger charge is -2.08. The van der Waals surface area contributed by atoms with Crippen LogP contribution in [0.15, 0.2) is 72.8 Å². The standard InChI is InChI=1S/C22H18N4O2/c23-15-17-9-4-5-10-18(17)26-22(28)20-12-6-11-19(25-20)21(27)24-14-13-16-7-2-1-3-8-16/h1-12H,13-14H2,(H,24,27)(H,26,28). The summed E-state index contributed by atoms with van der Waals surface area (Å²) in [4.78, 5) is 28.9. The Morgan fingerprint density at radius 2 is 1.54 bits per heavy atom. The lowest BCUT2D eigenvalue weighted by Crippen LogP contribution is -2.27. The number of carbonyl (C=O) groups excluding carboxylic acids is 2. The second kappa shape index (κ2) is 9.10. The molecule has 138 valence electrons. The van der Waals surface area contributed by atoms with Gasteiger partial charge in [-0.3, -0.25) is 9.59 Å². The van der Waals surface area contributed by atoms with E-state index in [1.54, 1.807) is 36.4 Å². The van der Waals surface area contributed by atoms with Crippen LogP contribution in [0.1, 0.15) is 32.1 Å². The van der Waals surface area contributed by atoms with E-state index in [9.17, 15) is 9.59 Å². The first-order valence-electron chi connectivity index (χ1n) is 8.77. The molecule has 0 aliphatic heterocycles. The van der Waals surface area contributed by atoms with Gasteiger partial charge in [-0.2, -0.15) is 5.26 Å². The van der Waals surface area contributed by atoms with Crippen LogP contribution in [0.3, 0.4) is 0 Å². The number of nitrogens with one attached hydrogen (secondary N) is 2. The van der Waals surface area contributed by atoms with Crippen LogP contribution in [-0.2, 0) is 6.42 Å². The van der Waals surface area contributed by atoms with Crippen molar-refractivity contribution >= 4 is 17.5 Å². The molecule has 0 aliphatic carbocycles. The van der Waals surface area contributed by atoms with Crippen molar-refractivity contribution in [2.24, 2.45) is 0 Å². The minimum absolute atomic E-state index is 0.100. The molecule has 1 aromatic heterocycles. The molecule has 3 rings (SSSR count). The van der Waals surface area contributed by atoms with Crippen molar-refractivity contribution in [3.05, 3.63) is 95.3 Å². The van der Waals surface area contributed by atoms with Gasteiger partial charge in [0, 0.05) is 6.54 Å². The smallest absolute Gasteiger partial charge is 0.274 e. The van der Waals surface area contributed by atoms with E-state index >= 15 is 0 Å². The number of nitrogens with zero attached hydrogens (tertiary/aromatic N) is 2. The van der Waals surface area contributed by atoms with Crippen molar-refractivity contribution in [3.63, 3.8) is 0 Å². The van der Waals surface area contributed by atoms with E-state index < -0.39 is 5.91 Å². The zero-order valence-electron chi connectivity index (χ0n) is 15.1. The number of para-hydroxylation sites is 1. The third-order valence-corrected chi connectivity index (χ3v) is 4.05. The summed E-state index contributed by atoms with van der Waals surface area (Å²) in [6.07, 6.45) is 0.706. The second-order valence-electron chi connectivity index (χ2n) is 6.01. The molecule has 0 saturated heterocycles. The van der Waals surface area contributed by atoms with E-state index in [0.717, 1.165) is 5.56 Å². The number of pyridine rings is 1. The van der Waals surface area contributed by atoms with Crippen LogP contribution in [0.25, 0.3) is 0 Å². The number of benzene rings is 2. The van der Waals surface area contributed by atoms with Gasteiger partial charge in [-0.1, -0.05) is 48.5 Å². The molecule has 3 aromatic rings. The van der Waals surface area contributed by atoms with E-state index in [0.29, 0.717) is 24.2 Å². The minimum atomic E-state index is -0.485. The Labute approximate surface area is 162 Å². The molecule has 0 aliphatic rings. The van der Waals surface area contributed by atoms with Crippen molar-refractivity contribution < 1.29 is 9.59 Å². The van der Waals surface area contributed by atoms with Crippen LogP contribution in [0, 0.1) is 11.3 Å². The summed E-state index contributed by atoms with van der Waals surface area (Å²) >= 11 is 0. The Morgan fingerprint density at radius 3 is 2.29 bits per heavy atom. The highest BCUT2D eigenvalue weighted by molar-refractivity contribution is 6.04. The number of aromatic nitrogens is 1. The van der Waals surface area contributed by atoms with E-state index in [-0.39, 0.29) is 17.3 Å². The van der Waals surface area contributed by atoms with Gasteiger partial charge in [0.1, 0.15) is 17.5 Å². The molecule has 0 spiro atoms. The van der Waals surface area contributed by atoms with Gasteiger partial charge in [-0.15, -0.1) is 0 Å². The van der Waals surface area contributed by atoms with Gasteiger partial charge in [-0.25, -0.2) is 4.98 Å². The Bertz CT molecular complexity index is 1030. The maximum absolute atomic E-state index is 12.4. The van der Waals surface area contributed by atoms with E-state index in [2.05, 4.69) is 15.6 Å². The molecule has 0 unspecified atom stereocenters. The molecule has 6 nitrogen and oxygen atoms in total. The quantitative estimate of drug-likeness (QED) is 0.697. The highest BCUT2D eigenvalue weighted by Crippen LogP contribution is 2.14. The van der Waals surface area contributed by atoms with Crippen LogP contribution in [0.4, 0.5) is 5.69 Å². The lowest BCUT2D eigenvalue weighted by molar-refractivity contribution is 0.0949. The Hall–Kier alpha value is -3.98. The molecule has 2 amide bonds. The Balaban J connectivity index is 1.63. The van der Waals surface area contributed by atoms with Crippen LogP contribution >= 0.6 is 0 Å². The van der Waals surface area contributed by atoms with Gasteiger partial charge in [0.15, 0.2) is 0 Å². The molecule has 0 fully saturated rings. The Kier molecular flexibility index (Phi) is 6.11. The van der Waals surface area contributed by atoms with Gasteiger partial charge < -0.3 is 10.6 Å². The summed E-state index contributed by atoms with van der Waals surface area (Å²) in [6, 6.07) is 23.2. The zero-order chi connectivity index (χ0) is 19.8. The Morgan fingerprint density at radius 1 is 0.857 bits per heavy atom. The van der Waals surface area contributed by atoms with Crippen LogP contribution in [-0.4, -0.2) is 23.3 Å². The topological polar surface area (TPSA) is 94.9 Å². The molecule has 2 aromatic carbocycles. The van der Waals surface area contributed by atoms with Crippen LogP contribution in [0.2, 0.25) is 0 Å². The summed E-state index contributed by atoms with van der Waals surface area (Å²) in [6.45, 7) is 0.469. The lowest BCUT2D eigenvalue weighted by atomic mass is 10.1. The van der Waals surface area contributed by atoms with E-state index in [1.807, 2.05) is 36.4 Å². The predicted molar refractivity (Wildman–Crippen MR) is 106 cm³/mol. The van der Waals surface area contributed by atoms with Crippen molar-refractivity contribution in [1.82, 2.24) is 10.3 Å².